The van der Waals surface area contributed by atoms with Crippen LogP contribution in [0, 0.1) is 11.7 Å². The lowest BCUT2D eigenvalue weighted by Crippen LogP contribution is -2.28. The molecule has 0 atom stereocenters. The van der Waals surface area contributed by atoms with Gasteiger partial charge in [-0.2, -0.15) is 5.10 Å². The van der Waals surface area contributed by atoms with Gasteiger partial charge in [-0.15, -0.1) is 5.10 Å². The van der Waals surface area contributed by atoms with Crippen molar-refractivity contribution in [3.8, 4) is 17.2 Å². The fourth-order valence-corrected chi connectivity index (χ4v) is 5.65. The van der Waals surface area contributed by atoms with E-state index in [0.717, 1.165) is 21.8 Å². The van der Waals surface area contributed by atoms with Crippen LogP contribution in [-0.4, -0.2) is 48.4 Å². The Balaban J connectivity index is 1.35. The maximum atomic E-state index is 13.7. The second-order valence-corrected chi connectivity index (χ2v) is 12.8. The molecule has 1 aliphatic rings. The van der Waals surface area contributed by atoms with Gasteiger partial charge in [0.2, 0.25) is 0 Å². The summed E-state index contributed by atoms with van der Waals surface area (Å²) in [6.45, 7) is 4.53. The number of methoxy groups -OCH3 is 1. The number of rotatable bonds is 13. The van der Waals surface area contributed by atoms with E-state index in [1.54, 1.807) is 55.8 Å². The lowest BCUT2D eigenvalue weighted by Gasteiger charge is -2.13. The van der Waals surface area contributed by atoms with E-state index in [0.29, 0.717) is 56.9 Å². The first-order valence-electron chi connectivity index (χ1n) is 14.8. The van der Waals surface area contributed by atoms with Gasteiger partial charge in [0.1, 0.15) is 17.3 Å². The molecule has 48 heavy (non-hydrogen) atoms. The van der Waals surface area contributed by atoms with E-state index in [9.17, 15) is 14.0 Å². The summed E-state index contributed by atoms with van der Waals surface area (Å²) in [7, 11) is 1.57. The number of hydrogen-bond donors (Lipinski definition) is 1. The van der Waals surface area contributed by atoms with Crippen molar-refractivity contribution >= 4 is 62.7 Å². The third-order valence-corrected chi connectivity index (χ3v) is 8.13. The summed E-state index contributed by atoms with van der Waals surface area (Å²) in [5.41, 5.74) is 1.73. The zero-order valence-corrected chi connectivity index (χ0v) is 28.7. The van der Waals surface area contributed by atoms with E-state index < -0.39 is 11.7 Å². The highest BCUT2D eigenvalue weighted by Gasteiger charge is 2.34. The summed E-state index contributed by atoms with van der Waals surface area (Å²) in [5.74, 6) is 1.38. The predicted octanol–water partition coefficient (Wildman–Crippen LogP) is 7.75. The van der Waals surface area contributed by atoms with Crippen molar-refractivity contribution in [2.24, 2.45) is 16.1 Å². The molecule has 248 valence electrons. The predicted molar refractivity (Wildman–Crippen MR) is 188 cm³/mol. The number of halogens is 2. The second kappa shape index (κ2) is 16.3. The molecular weight excluding hydrogens is 703 g/mol. The van der Waals surface area contributed by atoms with Gasteiger partial charge in [0.05, 0.1) is 37.6 Å². The van der Waals surface area contributed by atoms with Crippen molar-refractivity contribution in [1.29, 1.82) is 0 Å². The third-order valence-electron chi connectivity index (χ3n) is 6.64. The van der Waals surface area contributed by atoms with Gasteiger partial charge in [-0.05, 0) is 102 Å². The summed E-state index contributed by atoms with van der Waals surface area (Å²) in [6, 6.07) is 19.6. The number of benzene rings is 3. The molecule has 10 nitrogen and oxygen atoms in total. The molecule has 0 unspecified atom stereocenters. The normalized spacial score (nSPS) is 14.8. The van der Waals surface area contributed by atoms with Crippen molar-refractivity contribution in [2.45, 2.75) is 20.4 Å². The van der Waals surface area contributed by atoms with Crippen LogP contribution in [-0.2, 0) is 16.1 Å². The fraction of sp³-hybridized carbons (Fsp3) is 0.200. The Morgan fingerprint density at radius 1 is 1.06 bits per heavy atom. The average molecular weight is 736 g/mol. The number of thioether (sulfide) groups is 1. The van der Waals surface area contributed by atoms with Gasteiger partial charge in [-0.3, -0.25) is 14.5 Å². The van der Waals surface area contributed by atoms with Crippen LogP contribution in [0.15, 0.2) is 103 Å². The van der Waals surface area contributed by atoms with Crippen LogP contribution in [0.1, 0.15) is 30.7 Å². The van der Waals surface area contributed by atoms with E-state index >= 15 is 0 Å². The Bertz CT molecular complexity index is 1840. The highest BCUT2D eigenvalue weighted by Crippen LogP contribution is 2.36. The van der Waals surface area contributed by atoms with E-state index in [4.69, 9.17) is 18.6 Å². The van der Waals surface area contributed by atoms with Gasteiger partial charge >= 0.3 is 0 Å². The highest BCUT2D eigenvalue weighted by molar-refractivity contribution is 9.10. The van der Waals surface area contributed by atoms with E-state index in [1.165, 1.54) is 35.4 Å². The standard InChI is InChI=1S/C35H32BrFN4O6S/c1-22(2)20-46-30-12-6-23(15-31(30)44-3)18-38-40-35-41(19-28-5-4-14-45-28)34(43)32(48-35)17-24-16-25(36)7-13-29(24)47-21-33(42)39-27-10-8-26(37)9-11-27/h4-18,22H,19-21H2,1-3H3,(H,39,42)/b32-17-,38-18-,40-35+. The molecule has 1 aromatic heterocycles. The summed E-state index contributed by atoms with van der Waals surface area (Å²) in [5, 5.41) is 11.7. The first-order valence-corrected chi connectivity index (χ1v) is 16.4. The average Bonchev–Trinajstić information content (AvgIpc) is 3.69. The SMILES string of the molecule is COc1cc(/C=N\N=C2\S/C(=C\c3cc(Br)ccc3OCC(=O)Nc3ccc(F)cc3)C(=O)N2Cc2ccco2)ccc1OCC(C)C. The van der Waals surface area contributed by atoms with Gasteiger partial charge in [0.15, 0.2) is 23.3 Å². The number of ether oxygens (including phenoxy) is 3. The number of carbonyl (C=O) groups excluding carboxylic acids is 2. The zero-order chi connectivity index (χ0) is 34.0. The van der Waals surface area contributed by atoms with E-state index in [-0.39, 0.29) is 19.1 Å². The number of hydrogen-bond acceptors (Lipinski definition) is 9. The third kappa shape index (κ3) is 9.35. The van der Waals surface area contributed by atoms with Crippen LogP contribution in [0.25, 0.3) is 6.08 Å². The Hall–Kier alpha value is -4.88. The number of amidine groups is 1. The highest BCUT2D eigenvalue weighted by atomic mass is 79.9. The Labute approximate surface area is 289 Å². The fourth-order valence-electron chi connectivity index (χ4n) is 4.34. The van der Waals surface area contributed by atoms with Crippen molar-refractivity contribution in [1.82, 2.24) is 4.90 Å². The molecule has 4 aromatic rings. The monoisotopic (exact) mass is 734 g/mol. The first-order chi connectivity index (χ1) is 23.2. The number of anilines is 1. The number of amides is 2. The molecule has 13 heteroatoms. The van der Waals surface area contributed by atoms with Crippen molar-refractivity contribution in [2.75, 3.05) is 25.6 Å². The van der Waals surface area contributed by atoms with Gasteiger partial charge in [-0.1, -0.05) is 29.8 Å². The smallest absolute Gasteiger partial charge is 0.267 e. The summed E-state index contributed by atoms with van der Waals surface area (Å²) in [4.78, 5) is 28.0. The molecule has 1 N–H and O–H groups in total. The van der Waals surface area contributed by atoms with Crippen LogP contribution in [0.4, 0.5) is 10.1 Å². The molecule has 0 saturated carbocycles. The largest absolute Gasteiger partial charge is 0.493 e. The number of furan rings is 1. The molecule has 1 aliphatic heterocycles. The van der Waals surface area contributed by atoms with Crippen LogP contribution in [0.3, 0.4) is 0 Å². The van der Waals surface area contributed by atoms with Crippen LogP contribution in [0.5, 0.6) is 17.2 Å². The number of carbonyl (C=O) groups is 2. The van der Waals surface area contributed by atoms with Crippen LogP contribution in [0.2, 0.25) is 0 Å². The minimum absolute atomic E-state index is 0.144. The quantitative estimate of drug-likeness (QED) is 0.0849. The molecule has 1 saturated heterocycles. The molecule has 2 amide bonds. The summed E-state index contributed by atoms with van der Waals surface area (Å²) in [6.07, 6.45) is 4.78. The van der Waals surface area contributed by atoms with Crippen molar-refractivity contribution < 1.29 is 32.6 Å². The zero-order valence-electron chi connectivity index (χ0n) is 26.3. The van der Waals surface area contributed by atoms with Gasteiger partial charge < -0.3 is 23.9 Å². The molecule has 0 radical (unpaired) electrons. The molecule has 0 spiro atoms. The Kier molecular flexibility index (Phi) is 11.7. The molecule has 0 aliphatic carbocycles. The Morgan fingerprint density at radius 3 is 2.58 bits per heavy atom. The molecule has 2 heterocycles. The van der Waals surface area contributed by atoms with Crippen molar-refractivity contribution in [3.05, 3.63) is 111 Å². The number of nitrogens with one attached hydrogen (secondary N) is 1. The van der Waals surface area contributed by atoms with Crippen LogP contribution < -0.4 is 19.5 Å². The molecule has 3 aromatic carbocycles. The molecule has 0 bridgehead atoms. The molecular formula is C35H32BrFN4O6S. The summed E-state index contributed by atoms with van der Waals surface area (Å²) < 4.78 is 36.6. The van der Waals surface area contributed by atoms with Crippen molar-refractivity contribution in [3.63, 3.8) is 0 Å². The minimum atomic E-state index is -0.429. The lowest BCUT2D eigenvalue weighted by atomic mass is 10.2. The topological polar surface area (TPSA) is 115 Å². The van der Waals surface area contributed by atoms with Gasteiger partial charge in [0, 0.05) is 15.7 Å². The minimum Gasteiger partial charge on any atom is -0.493 e. The first kappa shape index (κ1) is 34.5. The second-order valence-electron chi connectivity index (χ2n) is 10.8. The summed E-state index contributed by atoms with van der Waals surface area (Å²) >= 11 is 4.62. The number of nitrogens with zero attached hydrogens (tertiary/aromatic N) is 3. The van der Waals surface area contributed by atoms with E-state index in [1.807, 2.05) is 12.1 Å². The molecule has 1 fully saturated rings. The lowest BCUT2D eigenvalue weighted by molar-refractivity contribution is -0.122. The van der Waals surface area contributed by atoms with Gasteiger partial charge in [0.25, 0.3) is 11.8 Å². The molecule has 5 rings (SSSR count). The maximum Gasteiger partial charge on any atom is 0.267 e. The Morgan fingerprint density at radius 2 is 1.85 bits per heavy atom. The van der Waals surface area contributed by atoms with Crippen LogP contribution >= 0.6 is 27.7 Å². The maximum absolute atomic E-state index is 13.7. The van der Waals surface area contributed by atoms with Gasteiger partial charge in [-0.25, -0.2) is 4.39 Å². The van der Waals surface area contributed by atoms with E-state index in [2.05, 4.69) is 45.3 Å².